The molecule has 42 heavy (non-hydrogen) atoms. The van der Waals surface area contributed by atoms with Gasteiger partial charge in [-0.3, -0.25) is 0 Å². The van der Waals surface area contributed by atoms with E-state index in [1.54, 1.807) is 0 Å². The van der Waals surface area contributed by atoms with Crippen molar-refractivity contribution in [2.45, 2.75) is 12.4 Å². The third-order valence-corrected chi connectivity index (χ3v) is 5.88. The summed E-state index contributed by atoms with van der Waals surface area (Å²) in [5.41, 5.74) is -4.70. The molecular formula is C25H13F6N7O4. The van der Waals surface area contributed by atoms with Crippen molar-refractivity contribution in [1.82, 2.24) is 35.0 Å². The Morgan fingerprint density at radius 2 is 1.05 bits per heavy atom. The first kappa shape index (κ1) is 27.9. The molecule has 0 amide bonds. The molecule has 0 fully saturated rings. The summed E-state index contributed by atoms with van der Waals surface area (Å²) in [6, 6.07) is 9.71. The molecule has 0 radical (unpaired) electrons. The maximum atomic E-state index is 13.4. The fourth-order valence-electron chi connectivity index (χ4n) is 3.93. The predicted molar refractivity (Wildman–Crippen MR) is 129 cm³/mol. The van der Waals surface area contributed by atoms with Gasteiger partial charge in [-0.2, -0.15) is 26.3 Å². The molecule has 0 saturated heterocycles. The molecule has 17 heteroatoms. The van der Waals surface area contributed by atoms with Crippen LogP contribution in [0.2, 0.25) is 0 Å². The van der Waals surface area contributed by atoms with Gasteiger partial charge in [0, 0.05) is 11.1 Å². The van der Waals surface area contributed by atoms with Crippen LogP contribution in [0.5, 0.6) is 0 Å². The number of aromatic carboxylic acids is 2. The molecule has 0 saturated carbocycles. The summed E-state index contributed by atoms with van der Waals surface area (Å²) in [6.45, 7) is 0. The zero-order chi connectivity index (χ0) is 30.4. The van der Waals surface area contributed by atoms with E-state index in [1.165, 1.54) is 30.6 Å². The highest BCUT2D eigenvalue weighted by Crippen LogP contribution is 2.36. The van der Waals surface area contributed by atoms with Gasteiger partial charge in [0.15, 0.2) is 11.6 Å². The highest BCUT2D eigenvalue weighted by molar-refractivity contribution is 5.91. The third kappa shape index (κ3) is 5.38. The molecule has 2 N–H and O–H groups in total. The van der Waals surface area contributed by atoms with Gasteiger partial charge < -0.3 is 10.2 Å². The average Bonchev–Trinajstić information content (AvgIpc) is 3.62. The van der Waals surface area contributed by atoms with E-state index in [4.69, 9.17) is 10.2 Å². The summed E-state index contributed by atoms with van der Waals surface area (Å²) >= 11 is 0. The number of pyridine rings is 1. The molecule has 0 unspecified atom stereocenters. The van der Waals surface area contributed by atoms with Crippen LogP contribution >= 0.6 is 0 Å². The number of carbonyl (C=O) groups is 2. The van der Waals surface area contributed by atoms with Crippen LogP contribution in [0.25, 0.3) is 34.2 Å². The number of benzene rings is 2. The van der Waals surface area contributed by atoms with Crippen molar-refractivity contribution in [2.75, 3.05) is 0 Å². The second kappa shape index (κ2) is 10.1. The van der Waals surface area contributed by atoms with Crippen molar-refractivity contribution in [2.24, 2.45) is 0 Å². The normalized spacial score (nSPS) is 12.0. The molecule has 2 aromatic carbocycles. The maximum absolute atomic E-state index is 13.4. The van der Waals surface area contributed by atoms with E-state index in [9.17, 15) is 35.9 Å². The molecule has 0 aliphatic rings. The van der Waals surface area contributed by atoms with Gasteiger partial charge in [0.25, 0.3) is 0 Å². The van der Waals surface area contributed by atoms with Gasteiger partial charge in [0.1, 0.15) is 11.4 Å². The largest absolute Gasteiger partial charge is 0.478 e. The van der Waals surface area contributed by atoms with Gasteiger partial charge in [-0.25, -0.2) is 23.9 Å². The fourth-order valence-corrected chi connectivity index (χ4v) is 3.93. The molecule has 11 nitrogen and oxygen atoms in total. The monoisotopic (exact) mass is 589 g/mol. The van der Waals surface area contributed by atoms with Crippen LogP contribution in [-0.4, -0.2) is 57.1 Å². The fraction of sp³-hybridized carbons (Fsp3) is 0.0800. The first-order chi connectivity index (χ1) is 19.7. The van der Waals surface area contributed by atoms with E-state index in [0.29, 0.717) is 12.1 Å². The summed E-state index contributed by atoms with van der Waals surface area (Å²) < 4.78 is 82.7. The summed E-state index contributed by atoms with van der Waals surface area (Å²) in [5, 5.41) is 33.6. The zero-order valence-corrected chi connectivity index (χ0v) is 20.5. The number of alkyl halides is 6. The second-order valence-electron chi connectivity index (χ2n) is 8.58. The number of nitrogens with zero attached hydrogens (tertiary/aromatic N) is 7. The zero-order valence-electron chi connectivity index (χ0n) is 20.5. The summed E-state index contributed by atoms with van der Waals surface area (Å²) in [7, 11) is 0. The highest BCUT2D eigenvalue weighted by Gasteiger charge is 2.37. The molecule has 5 rings (SSSR count). The third-order valence-electron chi connectivity index (χ3n) is 5.88. The van der Waals surface area contributed by atoms with Crippen molar-refractivity contribution in [3.05, 3.63) is 89.2 Å². The highest BCUT2D eigenvalue weighted by atomic mass is 19.4. The van der Waals surface area contributed by atoms with Crippen LogP contribution in [0.3, 0.4) is 0 Å². The van der Waals surface area contributed by atoms with Crippen molar-refractivity contribution in [3.63, 3.8) is 0 Å². The Bertz CT molecular complexity index is 1720. The van der Waals surface area contributed by atoms with Gasteiger partial charge in [-0.15, -0.1) is 10.2 Å². The lowest BCUT2D eigenvalue weighted by Crippen LogP contribution is -2.13. The number of aromatic nitrogens is 7. The van der Waals surface area contributed by atoms with E-state index in [0.717, 1.165) is 33.6 Å². The summed E-state index contributed by atoms with van der Waals surface area (Å²) in [6.07, 6.45) is -7.34. The number of rotatable bonds is 6. The number of halogens is 6. The lowest BCUT2D eigenvalue weighted by atomic mass is 10.0. The molecule has 0 bridgehead atoms. The number of hydrogen-bond acceptors (Lipinski definition) is 7. The lowest BCUT2D eigenvalue weighted by molar-refractivity contribution is -0.138. The van der Waals surface area contributed by atoms with Gasteiger partial charge >= 0.3 is 24.3 Å². The van der Waals surface area contributed by atoms with Crippen LogP contribution < -0.4 is 0 Å². The SMILES string of the molecule is O=C(O)c1ccc(-c2cn(-c3cccc(-n4cc(-c5ccc(C(=O)O)c(C(F)(F)F)c5)nn4)n3)nn2)cc1C(F)(F)F. The first-order valence-electron chi connectivity index (χ1n) is 11.4. The van der Waals surface area contributed by atoms with Crippen LogP contribution in [-0.2, 0) is 12.4 Å². The Kier molecular flexibility index (Phi) is 6.72. The molecule has 3 aromatic heterocycles. The molecule has 5 aromatic rings. The van der Waals surface area contributed by atoms with E-state index in [1.807, 2.05) is 0 Å². The molecular weight excluding hydrogens is 576 g/mol. The lowest BCUT2D eigenvalue weighted by Gasteiger charge is -2.11. The summed E-state index contributed by atoms with van der Waals surface area (Å²) in [4.78, 5) is 26.7. The van der Waals surface area contributed by atoms with E-state index in [-0.39, 0.29) is 34.2 Å². The molecule has 0 spiro atoms. The minimum absolute atomic E-state index is 0.0158. The van der Waals surface area contributed by atoms with Crippen molar-refractivity contribution in [1.29, 1.82) is 0 Å². The van der Waals surface area contributed by atoms with E-state index >= 15 is 0 Å². The quantitative estimate of drug-likeness (QED) is 0.261. The average molecular weight is 589 g/mol. The Hall–Kier alpha value is -5.61. The maximum Gasteiger partial charge on any atom is 0.417 e. The van der Waals surface area contributed by atoms with Crippen LogP contribution in [0, 0.1) is 0 Å². The molecule has 3 heterocycles. The van der Waals surface area contributed by atoms with Gasteiger partial charge in [-0.05, 0) is 36.4 Å². The first-order valence-corrected chi connectivity index (χ1v) is 11.4. The predicted octanol–water partition coefficient (Wildman–Crippen LogP) is 5.01. The topological polar surface area (TPSA) is 149 Å². The van der Waals surface area contributed by atoms with E-state index < -0.39 is 46.5 Å². The number of carboxylic acid groups (broad SMARTS) is 2. The van der Waals surface area contributed by atoms with Crippen molar-refractivity contribution in [3.8, 4) is 34.2 Å². The van der Waals surface area contributed by atoms with Crippen LogP contribution in [0.15, 0.2) is 67.0 Å². The second-order valence-corrected chi connectivity index (χ2v) is 8.58. The standard InChI is InChI=1S/C25H13F6N7O4/c26-24(27,28)16-8-12(4-6-14(16)22(39)40)18-10-37(35-33-18)20-2-1-3-21(32-20)38-11-19(34-36-38)13-5-7-15(23(41)42)17(9-13)25(29,30)31/h1-11H,(H,39,40)(H,41,42). The van der Waals surface area contributed by atoms with Crippen LogP contribution in [0.4, 0.5) is 26.3 Å². The molecule has 0 aliphatic heterocycles. The van der Waals surface area contributed by atoms with Gasteiger partial charge in [0.2, 0.25) is 0 Å². The minimum atomic E-state index is -4.93. The smallest absolute Gasteiger partial charge is 0.417 e. The minimum Gasteiger partial charge on any atom is -0.478 e. The Labute approximate surface area is 229 Å². The molecule has 0 atom stereocenters. The Morgan fingerprint density at radius 3 is 1.40 bits per heavy atom. The van der Waals surface area contributed by atoms with Crippen molar-refractivity contribution < 1.29 is 46.1 Å². The molecule has 214 valence electrons. The number of carboxylic acids is 2. The summed E-state index contributed by atoms with van der Waals surface area (Å²) in [5.74, 6) is -3.22. The Morgan fingerprint density at radius 1 is 0.643 bits per heavy atom. The van der Waals surface area contributed by atoms with Crippen molar-refractivity contribution >= 4 is 11.9 Å². The Balaban J connectivity index is 1.45. The van der Waals surface area contributed by atoms with E-state index in [2.05, 4.69) is 25.6 Å². The van der Waals surface area contributed by atoms with Gasteiger partial charge in [0.05, 0.1) is 34.6 Å². The number of hydrogen-bond donors (Lipinski definition) is 2. The van der Waals surface area contributed by atoms with Crippen LogP contribution in [0.1, 0.15) is 31.8 Å². The molecule has 0 aliphatic carbocycles. The van der Waals surface area contributed by atoms with Gasteiger partial charge in [-0.1, -0.05) is 28.6 Å².